The molecular formula is C20H13N7O3S. The van der Waals surface area contributed by atoms with Crippen LogP contribution in [-0.4, -0.2) is 34.2 Å². The average Bonchev–Trinajstić information content (AvgIpc) is 3.44. The van der Waals surface area contributed by atoms with Crippen LogP contribution in [0.1, 0.15) is 5.69 Å². The Hall–Kier alpha value is -4.25. The number of para-hydroxylation sites is 2. The zero-order chi connectivity index (χ0) is 21.4. The maximum absolute atomic E-state index is 13.0. The Morgan fingerprint density at radius 3 is 2.74 bits per heavy atom. The van der Waals surface area contributed by atoms with Crippen LogP contribution in [0, 0.1) is 10.1 Å². The van der Waals surface area contributed by atoms with E-state index in [1.54, 1.807) is 24.4 Å². The monoisotopic (exact) mass is 431 g/mol. The normalized spacial score (nSPS) is 11.1. The lowest BCUT2D eigenvalue weighted by Crippen LogP contribution is -2.21. The zero-order valence-corrected chi connectivity index (χ0v) is 16.6. The van der Waals surface area contributed by atoms with E-state index in [1.165, 1.54) is 39.2 Å². The molecule has 1 aromatic carbocycles. The van der Waals surface area contributed by atoms with E-state index in [0.29, 0.717) is 5.69 Å². The topological polar surface area (TPSA) is 122 Å². The van der Waals surface area contributed by atoms with Crippen LogP contribution >= 0.6 is 11.3 Å². The van der Waals surface area contributed by atoms with Gasteiger partial charge in [0.25, 0.3) is 11.2 Å². The van der Waals surface area contributed by atoms with Crippen molar-refractivity contribution < 1.29 is 4.92 Å². The van der Waals surface area contributed by atoms with Gasteiger partial charge in [0.15, 0.2) is 5.65 Å². The highest BCUT2D eigenvalue weighted by Gasteiger charge is 2.19. The van der Waals surface area contributed by atoms with Gasteiger partial charge in [-0.2, -0.15) is 5.10 Å². The van der Waals surface area contributed by atoms with Crippen LogP contribution in [-0.2, 0) is 6.54 Å². The van der Waals surface area contributed by atoms with Gasteiger partial charge in [0.1, 0.15) is 22.4 Å². The van der Waals surface area contributed by atoms with Gasteiger partial charge >= 0.3 is 0 Å². The Labute approximate surface area is 178 Å². The molecule has 0 spiro atoms. The first-order chi connectivity index (χ1) is 15.1. The molecule has 0 bridgehead atoms. The van der Waals surface area contributed by atoms with Gasteiger partial charge in [0.05, 0.1) is 29.1 Å². The van der Waals surface area contributed by atoms with E-state index in [0.717, 1.165) is 10.7 Å². The number of hydrogen-bond acceptors (Lipinski definition) is 8. The van der Waals surface area contributed by atoms with Crippen molar-refractivity contribution in [3.8, 4) is 16.4 Å². The number of aromatic nitrogens is 6. The van der Waals surface area contributed by atoms with Crippen LogP contribution in [0.4, 0.5) is 5.69 Å². The number of hydrogen-bond donors (Lipinski definition) is 0. The Kier molecular flexibility index (Phi) is 4.56. The number of benzene rings is 1. The third-order valence-electron chi connectivity index (χ3n) is 4.63. The van der Waals surface area contributed by atoms with Gasteiger partial charge in [-0.3, -0.25) is 24.5 Å². The fourth-order valence-corrected chi connectivity index (χ4v) is 3.98. The minimum absolute atomic E-state index is 0.122. The summed E-state index contributed by atoms with van der Waals surface area (Å²) in [4.78, 5) is 37.0. The first kappa shape index (κ1) is 18.8. The molecule has 0 fully saturated rings. The van der Waals surface area contributed by atoms with Gasteiger partial charge in [-0.25, -0.2) is 14.6 Å². The molecule has 0 saturated carbocycles. The minimum Gasteiger partial charge on any atom is -0.292 e. The first-order valence-corrected chi connectivity index (χ1v) is 10.0. The SMILES string of the molecule is O=c1c2cnn(-c3ccccc3[N+](=O)[O-])c2ncn1Cc1csc(-c2ccccn2)n1. The summed E-state index contributed by atoms with van der Waals surface area (Å²) in [6, 6.07) is 11.8. The van der Waals surface area contributed by atoms with Crippen LogP contribution in [0.15, 0.2) is 71.4 Å². The lowest BCUT2D eigenvalue weighted by Gasteiger charge is -2.05. The highest BCUT2D eigenvalue weighted by molar-refractivity contribution is 7.13. The van der Waals surface area contributed by atoms with Crippen molar-refractivity contribution in [2.24, 2.45) is 0 Å². The number of nitro groups is 1. The summed E-state index contributed by atoms with van der Waals surface area (Å²) in [6.07, 6.45) is 4.48. The molecule has 0 aliphatic rings. The van der Waals surface area contributed by atoms with Gasteiger partial charge in [0, 0.05) is 17.6 Å². The Balaban J connectivity index is 1.51. The molecule has 0 aliphatic heterocycles. The average molecular weight is 431 g/mol. The Morgan fingerprint density at radius 2 is 1.94 bits per heavy atom. The second-order valence-corrected chi connectivity index (χ2v) is 7.43. The van der Waals surface area contributed by atoms with E-state index >= 15 is 0 Å². The van der Waals surface area contributed by atoms with Crippen LogP contribution in [0.25, 0.3) is 27.4 Å². The summed E-state index contributed by atoms with van der Waals surface area (Å²) in [5, 5.41) is 18.4. The summed E-state index contributed by atoms with van der Waals surface area (Å²) >= 11 is 1.45. The molecular weight excluding hydrogens is 418 g/mol. The van der Waals surface area contributed by atoms with E-state index in [1.807, 2.05) is 23.6 Å². The molecule has 0 saturated heterocycles. The van der Waals surface area contributed by atoms with E-state index < -0.39 is 4.92 Å². The van der Waals surface area contributed by atoms with Gasteiger partial charge in [-0.05, 0) is 18.2 Å². The van der Waals surface area contributed by atoms with Crippen molar-refractivity contribution in [3.63, 3.8) is 0 Å². The molecule has 152 valence electrons. The van der Waals surface area contributed by atoms with Crippen LogP contribution in [0.3, 0.4) is 0 Å². The molecule has 31 heavy (non-hydrogen) atoms. The lowest BCUT2D eigenvalue weighted by molar-refractivity contribution is -0.384. The maximum atomic E-state index is 13.0. The van der Waals surface area contributed by atoms with Crippen LogP contribution in [0.5, 0.6) is 0 Å². The molecule has 4 aromatic heterocycles. The standard InChI is InChI=1S/C20H13N7O3S/c28-20-14-9-23-26(16-6-1-2-7-17(16)27(29)30)18(14)22-12-25(20)10-13-11-31-19(24-13)15-5-3-4-8-21-15/h1-9,11-12H,10H2. The highest BCUT2D eigenvalue weighted by Crippen LogP contribution is 2.24. The fraction of sp³-hybridized carbons (Fsp3) is 0.0500. The molecule has 5 rings (SSSR count). The molecule has 0 aliphatic carbocycles. The van der Waals surface area contributed by atoms with Crippen molar-refractivity contribution >= 4 is 28.1 Å². The first-order valence-electron chi connectivity index (χ1n) is 9.14. The second-order valence-electron chi connectivity index (χ2n) is 6.58. The van der Waals surface area contributed by atoms with Crippen molar-refractivity contribution in [2.45, 2.75) is 6.54 Å². The molecule has 0 amide bonds. The Bertz CT molecular complexity index is 1470. The number of pyridine rings is 1. The van der Waals surface area contributed by atoms with Crippen molar-refractivity contribution in [3.05, 3.63) is 92.7 Å². The largest absolute Gasteiger partial charge is 0.294 e. The summed E-state index contributed by atoms with van der Waals surface area (Å²) in [5.41, 5.74) is 1.55. The van der Waals surface area contributed by atoms with E-state index in [-0.39, 0.29) is 34.5 Å². The molecule has 11 heteroatoms. The summed E-state index contributed by atoms with van der Waals surface area (Å²) in [7, 11) is 0. The molecule has 5 aromatic rings. The maximum Gasteiger partial charge on any atom is 0.294 e. The molecule has 4 heterocycles. The van der Waals surface area contributed by atoms with Crippen LogP contribution < -0.4 is 5.56 Å². The molecule has 0 radical (unpaired) electrons. The molecule has 0 N–H and O–H groups in total. The van der Waals surface area contributed by atoms with E-state index in [2.05, 4.69) is 20.1 Å². The van der Waals surface area contributed by atoms with Gasteiger partial charge in [-0.15, -0.1) is 11.3 Å². The van der Waals surface area contributed by atoms with E-state index in [9.17, 15) is 14.9 Å². The van der Waals surface area contributed by atoms with Crippen LogP contribution in [0.2, 0.25) is 0 Å². The fourth-order valence-electron chi connectivity index (χ4n) is 3.20. The number of thiazole rings is 1. The van der Waals surface area contributed by atoms with Crippen molar-refractivity contribution in [1.82, 2.24) is 29.3 Å². The predicted octanol–water partition coefficient (Wildman–Crippen LogP) is 3.06. The van der Waals surface area contributed by atoms with Gasteiger partial charge in [0.2, 0.25) is 0 Å². The highest BCUT2D eigenvalue weighted by atomic mass is 32.1. The lowest BCUT2D eigenvalue weighted by atomic mass is 10.2. The number of nitrogens with zero attached hydrogens (tertiary/aromatic N) is 7. The third kappa shape index (κ3) is 3.36. The summed E-state index contributed by atoms with van der Waals surface area (Å²) < 4.78 is 2.74. The number of rotatable bonds is 5. The smallest absolute Gasteiger partial charge is 0.292 e. The molecule has 10 nitrogen and oxygen atoms in total. The quantitative estimate of drug-likeness (QED) is 0.310. The number of nitro benzene ring substituents is 1. The summed E-state index contributed by atoms with van der Waals surface area (Å²) in [6.45, 7) is 0.238. The number of fused-ring (bicyclic) bond motifs is 1. The Morgan fingerprint density at radius 1 is 1.10 bits per heavy atom. The third-order valence-corrected chi connectivity index (χ3v) is 5.54. The second kappa shape index (κ2) is 7.54. The van der Waals surface area contributed by atoms with Crippen molar-refractivity contribution in [1.29, 1.82) is 0 Å². The summed E-state index contributed by atoms with van der Waals surface area (Å²) in [5.74, 6) is 0. The molecule has 0 unspecified atom stereocenters. The predicted molar refractivity (Wildman–Crippen MR) is 114 cm³/mol. The minimum atomic E-state index is -0.495. The van der Waals surface area contributed by atoms with Gasteiger partial charge in [-0.1, -0.05) is 18.2 Å². The van der Waals surface area contributed by atoms with Gasteiger partial charge < -0.3 is 0 Å². The molecule has 0 atom stereocenters. The zero-order valence-electron chi connectivity index (χ0n) is 15.8. The van der Waals surface area contributed by atoms with E-state index in [4.69, 9.17) is 0 Å². The van der Waals surface area contributed by atoms with Crippen molar-refractivity contribution in [2.75, 3.05) is 0 Å².